The second-order valence-electron chi connectivity index (χ2n) is 4.51. The Morgan fingerprint density at radius 2 is 2.00 bits per heavy atom. The van der Waals surface area contributed by atoms with Crippen LogP contribution in [0, 0.1) is 0 Å². The summed E-state index contributed by atoms with van der Waals surface area (Å²) in [4.78, 5) is 13.4. The van der Waals surface area contributed by atoms with Gasteiger partial charge in [-0.15, -0.1) is 0 Å². The van der Waals surface area contributed by atoms with Crippen LogP contribution in [0.25, 0.3) is 0 Å². The molecular formula is C11H23NO2. The lowest BCUT2D eigenvalue weighted by Gasteiger charge is -2.35. The zero-order chi connectivity index (χ0) is 11.4. The van der Waals surface area contributed by atoms with Gasteiger partial charge in [0, 0.05) is 19.0 Å². The first-order valence-electron chi connectivity index (χ1n) is 5.26. The molecule has 1 N–H and O–H groups in total. The molecule has 3 nitrogen and oxygen atoms in total. The van der Waals surface area contributed by atoms with E-state index in [9.17, 15) is 4.79 Å². The maximum absolute atomic E-state index is 11.7. The molecule has 0 saturated heterocycles. The van der Waals surface area contributed by atoms with E-state index in [4.69, 9.17) is 5.11 Å². The molecule has 0 heterocycles. The van der Waals surface area contributed by atoms with Crippen LogP contribution in [-0.2, 0) is 4.79 Å². The number of amides is 1. The SMILES string of the molecule is CCC(C)(C)N(C)C(=O)CCC(C)O. The maximum Gasteiger partial charge on any atom is 0.222 e. The third-order valence-electron chi connectivity index (χ3n) is 2.92. The Hall–Kier alpha value is -0.570. The predicted octanol–water partition coefficient (Wildman–Crippen LogP) is 1.79. The Kier molecular flexibility index (Phi) is 5.13. The van der Waals surface area contributed by atoms with Crippen molar-refractivity contribution in [2.45, 2.75) is 58.6 Å². The molecule has 0 spiro atoms. The Morgan fingerprint density at radius 1 is 1.50 bits per heavy atom. The molecule has 0 bridgehead atoms. The number of aliphatic hydroxyl groups excluding tert-OH is 1. The highest BCUT2D eigenvalue weighted by molar-refractivity contribution is 5.76. The molecular weight excluding hydrogens is 178 g/mol. The van der Waals surface area contributed by atoms with Crippen LogP contribution in [0.2, 0.25) is 0 Å². The van der Waals surface area contributed by atoms with Crippen molar-refractivity contribution in [2.75, 3.05) is 7.05 Å². The molecule has 84 valence electrons. The minimum absolute atomic E-state index is 0.0875. The van der Waals surface area contributed by atoms with Gasteiger partial charge >= 0.3 is 0 Å². The van der Waals surface area contributed by atoms with Crippen LogP contribution in [0.15, 0.2) is 0 Å². The molecule has 1 amide bonds. The van der Waals surface area contributed by atoms with Gasteiger partial charge in [0.2, 0.25) is 5.91 Å². The van der Waals surface area contributed by atoms with Crippen LogP contribution in [0.4, 0.5) is 0 Å². The summed E-state index contributed by atoms with van der Waals surface area (Å²) >= 11 is 0. The van der Waals surface area contributed by atoms with Crippen LogP contribution in [0.3, 0.4) is 0 Å². The van der Waals surface area contributed by atoms with E-state index in [-0.39, 0.29) is 11.4 Å². The van der Waals surface area contributed by atoms with Gasteiger partial charge in [0.1, 0.15) is 0 Å². The number of hydrogen-bond donors (Lipinski definition) is 1. The molecule has 0 aliphatic carbocycles. The van der Waals surface area contributed by atoms with Gasteiger partial charge in [-0.3, -0.25) is 4.79 Å². The van der Waals surface area contributed by atoms with E-state index in [2.05, 4.69) is 6.92 Å². The zero-order valence-electron chi connectivity index (χ0n) is 10.0. The fraction of sp³-hybridized carbons (Fsp3) is 0.909. The van der Waals surface area contributed by atoms with E-state index in [1.165, 1.54) is 0 Å². The smallest absolute Gasteiger partial charge is 0.222 e. The van der Waals surface area contributed by atoms with E-state index >= 15 is 0 Å². The topological polar surface area (TPSA) is 40.5 Å². The normalized spacial score (nSPS) is 13.9. The Morgan fingerprint density at radius 3 is 2.36 bits per heavy atom. The number of aliphatic hydroxyl groups is 1. The molecule has 0 radical (unpaired) electrons. The first-order chi connectivity index (χ1) is 6.31. The fourth-order valence-corrected chi connectivity index (χ4v) is 1.07. The van der Waals surface area contributed by atoms with Crippen LogP contribution in [-0.4, -0.2) is 34.6 Å². The number of nitrogens with zero attached hydrogens (tertiary/aromatic N) is 1. The molecule has 0 rings (SSSR count). The van der Waals surface area contributed by atoms with Gasteiger partial charge in [-0.2, -0.15) is 0 Å². The average Bonchev–Trinajstić information content (AvgIpc) is 2.12. The summed E-state index contributed by atoms with van der Waals surface area (Å²) in [5.41, 5.74) is -0.0875. The molecule has 3 heteroatoms. The van der Waals surface area contributed by atoms with E-state index in [1.807, 2.05) is 20.9 Å². The molecule has 1 unspecified atom stereocenters. The second kappa shape index (κ2) is 5.35. The summed E-state index contributed by atoms with van der Waals surface area (Å²) in [6, 6.07) is 0. The van der Waals surface area contributed by atoms with Crippen LogP contribution >= 0.6 is 0 Å². The molecule has 0 aliphatic rings. The highest BCUT2D eigenvalue weighted by Crippen LogP contribution is 2.17. The van der Waals surface area contributed by atoms with Crippen LogP contribution in [0.1, 0.15) is 47.0 Å². The highest BCUT2D eigenvalue weighted by Gasteiger charge is 2.25. The van der Waals surface area contributed by atoms with Crippen molar-refractivity contribution in [1.29, 1.82) is 0 Å². The predicted molar refractivity (Wildman–Crippen MR) is 58.1 cm³/mol. The number of hydrogen-bond acceptors (Lipinski definition) is 2. The second-order valence-corrected chi connectivity index (χ2v) is 4.51. The third-order valence-corrected chi connectivity index (χ3v) is 2.92. The highest BCUT2D eigenvalue weighted by atomic mass is 16.3. The van der Waals surface area contributed by atoms with Gasteiger partial charge in [-0.1, -0.05) is 6.92 Å². The minimum atomic E-state index is -0.392. The summed E-state index contributed by atoms with van der Waals surface area (Å²) in [6.07, 6.45) is 1.52. The lowest BCUT2D eigenvalue weighted by atomic mass is 9.99. The first kappa shape index (κ1) is 13.4. The average molecular weight is 201 g/mol. The van der Waals surface area contributed by atoms with Gasteiger partial charge in [0.15, 0.2) is 0 Å². The molecule has 1 atom stereocenters. The molecule has 0 aromatic rings. The summed E-state index contributed by atoms with van der Waals surface area (Å²) in [5, 5.41) is 9.07. The molecule has 0 aromatic carbocycles. The quantitative estimate of drug-likeness (QED) is 0.736. The molecule has 0 aliphatic heterocycles. The van der Waals surface area contributed by atoms with Crippen molar-refractivity contribution in [3.63, 3.8) is 0 Å². The van der Waals surface area contributed by atoms with Crippen molar-refractivity contribution in [2.24, 2.45) is 0 Å². The Balaban J connectivity index is 4.12. The fourth-order valence-electron chi connectivity index (χ4n) is 1.07. The summed E-state index contributed by atoms with van der Waals surface area (Å²) in [6.45, 7) is 7.87. The van der Waals surface area contributed by atoms with Crippen molar-refractivity contribution in [3.05, 3.63) is 0 Å². The first-order valence-corrected chi connectivity index (χ1v) is 5.26. The Labute approximate surface area is 87.1 Å². The number of carbonyl (C=O) groups excluding carboxylic acids is 1. The molecule has 14 heavy (non-hydrogen) atoms. The van der Waals surface area contributed by atoms with Gasteiger partial charge in [0.05, 0.1) is 6.10 Å². The minimum Gasteiger partial charge on any atom is -0.393 e. The lowest BCUT2D eigenvalue weighted by molar-refractivity contribution is -0.135. The zero-order valence-corrected chi connectivity index (χ0v) is 10.0. The van der Waals surface area contributed by atoms with E-state index in [0.717, 1.165) is 6.42 Å². The lowest BCUT2D eigenvalue weighted by Crippen LogP contribution is -2.44. The Bertz CT molecular complexity index is 188. The van der Waals surface area contributed by atoms with E-state index in [0.29, 0.717) is 12.8 Å². The van der Waals surface area contributed by atoms with Crippen molar-refractivity contribution >= 4 is 5.91 Å². The molecule has 0 fully saturated rings. The van der Waals surface area contributed by atoms with Gasteiger partial charge in [0.25, 0.3) is 0 Å². The molecule has 0 aromatic heterocycles. The van der Waals surface area contributed by atoms with Gasteiger partial charge in [-0.25, -0.2) is 0 Å². The van der Waals surface area contributed by atoms with Crippen molar-refractivity contribution in [3.8, 4) is 0 Å². The standard InChI is InChI=1S/C11H23NO2/c1-6-11(3,4)12(5)10(14)8-7-9(2)13/h9,13H,6-8H2,1-5H3. The summed E-state index contributed by atoms with van der Waals surface area (Å²) in [7, 11) is 1.83. The third kappa shape index (κ3) is 4.09. The summed E-state index contributed by atoms with van der Waals surface area (Å²) in [5.74, 6) is 0.109. The number of rotatable bonds is 5. The summed E-state index contributed by atoms with van der Waals surface area (Å²) < 4.78 is 0. The number of carbonyl (C=O) groups is 1. The largest absolute Gasteiger partial charge is 0.393 e. The van der Waals surface area contributed by atoms with E-state index < -0.39 is 6.10 Å². The van der Waals surface area contributed by atoms with Crippen molar-refractivity contribution in [1.82, 2.24) is 4.90 Å². The van der Waals surface area contributed by atoms with Gasteiger partial charge < -0.3 is 10.0 Å². The maximum atomic E-state index is 11.7. The van der Waals surface area contributed by atoms with E-state index in [1.54, 1.807) is 11.8 Å². The molecule has 0 saturated carbocycles. The van der Waals surface area contributed by atoms with Crippen LogP contribution < -0.4 is 0 Å². The van der Waals surface area contributed by atoms with Crippen molar-refractivity contribution < 1.29 is 9.90 Å². The van der Waals surface area contributed by atoms with Crippen LogP contribution in [0.5, 0.6) is 0 Å². The van der Waals surface area contributed by atoms with Gasteiger partial charge in [-0.05, 0) is 33.6 Å². The monoisotopic (exact) mass is 201 g/mol.